The van der Waals surface area contributed by atoms with E-state index >= 15 is 0 Å². The number of benzene rings is 1. The molecular formula is C13H10BrNO5. The minimum atomic E-state index is -1.16. The lowest BCUT2D eigenvalue weighted by atomic mass is 10.1. The smallest absolute Gasteiger partial charge is 0.374 e. The first-order valence-corrected chi connectivity index (χ1v) is 6.74. The first-order chi connectivity index (χ1) is 9.65. The van der Waals surface area contributed by atoms with Gasteiger partial charge in [0.15, 0.2) is 11.5 Å². The predicted octanol–water partition coefficient (Wildman–Crippen LogP) is 2.96. The number of hydrogen-bond donors (Lipinski definition) is 1. The zero-order valence-electron chi connectivity index (χ0n) is 10.3. The molecule has 2 heterocycles. The van der Waals surface area contributed by atoms with Crippen molar-refractivity contribution >= 4 is 21.9 Å². The van der Waals surface area contributed by atoms with E-state index in [2.05, 4.69) is 21.1 Å². The first kappa shape index (κ1) is 13.0. The molecule has 0 aliphatic carbocycles. The molecule has 1 aliphatic rings. The molecule has 20 heavy (non-hydrogen) atoms. The van der Waals surface area contributed by atoms with Crippen LogP contribution in [0.25, 0.3) is 11.3 Å². The van der Waals surface area contributed by atoms with Crippen LogP contribution in [0.15, 0.2) is 27.2 Å². The van der Waals surface area contributed by atoms with E-state index in [9.17, 15) is 4.79 Å². The van der Waals surface area contributed by atoms with Gasteiger partial charge in [-0.1, -0.05) is 5.16 Å². The number of carbonyl (C=O) groups is 1. The van der Waals surface area contributed by atoms with Crippen LogP contribution in [-0.4, -0.2) is 29.4 Å². The van der Waals surface area contributed by atoms with Gasteiger partial charge in [-0.05, 0) is 28.1 Å². The molecule has 0 amide bonds. The largest absolute Gasteiger partial charge is 0.490 e. The Bertz CT molecular complexity index is 667. The van der Waals surface area contributed by atoms with Crippen molar-refractivity contribution in [3.8, 4) is 22.8 Å². The average Bonchev–Trinajstić information content (AvgIpc) is 2.79. The van der Waals surface area contributed by atoms with E-state index in [-0.39, 0.29) is 5.76 Å². The molecule has 0 saturated carbocycles. The van der Waals surface area contributed by atoms with E-state index in [1.54, 1.807) is 12.1 Å². The molecule has 0 fully saturated rings. The van der Waals surface area contributed by atoms with Gasteiger partial charge < -0.3 is 19.1 Å². The average molecular weight is 340 g/mol. The molecular weight excluding hydrogens is 330 g/mol. The summed E-state index contributed by atoms with van der Waals surface area (Å²) in [7, 11) is 0. The zero-order valence-corrected chi connectivity index (χ0v) is 11.8. The maximum Gasteiger partial charge on any atom is 0.374 e. The Labute approximate surface area is 122 Å². The van der Waals surface area contributed by atoms with E-state index in [0.717, 1.165) is 10.9 Å². The van der Waals surface area contributed by atoms with E-state index in [4.69, 9.17) is 19.1 Å². The molecule has 1 aliphatic heterocycles. The minimum absolute atomic E-state index is 0.209. The lowest BCUT2D eigenvalue weighted by Crippen LogP contribution is -1.97. The van der Waals surface area contributed by atoms with Crippen molar-refractivity contribution in [3.63, 3.8) is 0 Å². The van der Waals surface area contributed by atoms with Crippen LogP contribution < -0.4 is 9.47 Å². The number of carboxylic acid groups (broad SMARTS) is 1. The molecule has 0 atom stereocenters. The molecule has 6 nitrogen and oxygen atoms in total. The van der Waals surface area contributed by atoms with Gasteiger partial charge in [0.1, 0.15) is 5.69 Å². The van der Waals surface area contributed by atoms with Crippen LogP contribution >= 0.6 is 15.9 Å². The number of nitrogens with zero attached hydrogens (tertiary/aromatic N) is 1. The highest BCUT2D eigenvalue weighted by molar-refractivity contribution is 9.10. The highest BCUT2D eigenvalue weighted by Gasteiger charge is 2.18. The number of aromatic carboxylic acids is 1. The number of rotatable bonds is 2. The standard InChI is InChI=1S/C13H10BrNO5/c14-8-5-11-10(18-2-1-3-19-11)4-7(8)9-6-12(13(16)17)20-15-9/h4-6H,1-3H2,(H,16,17). The molecule has 1 N–H and O–H groups in total. The lowest BCUT2D eigenvalue weighted by molar-refractivity contribution is 0.0652. The van der Waals surface area contributed by atoms with Gasteiger partial charge in [0.25, 0.3) is 0 Å². The van der Waals surface area contributed by atoms with E-state index in [1.807, 2.05) is 0 Å². The number of halogens is 1. The quantitative estimate of drug-likeness (QED) is 0.905. The Hall–Kier alpha value is -2.02. The summed E-state index contributed by atoms with van der Waals surface area (Å²) < 4.78 is 16.7. The van der Waals surface area contributed by atoms with Crippen molar-refractivity contribution in [1.29, 1.82) is 0 Å². The summed E-state index contributed by atoms with van der Waals surface area (Å²) in [4.78, 5) is 10.8. The third-order valence-electron chi connectivity index (χ3n) is 2.83. The van der Waals surface area contributed by atoms with Crippen LogP contribution in [0.5, 0.6) is 11.5 Å². The van der Waals surface area contributed by atoms with Crippen molar-refractivity contribution in [2.75, 3.05) is 13.2 Å². The monoisotopic (exact) mass is 339 g/mol. The fourth-order valence-electron chi connectivity index (χ4n) is 1.88. The summed E-state index contributed by atoms with van der Waals surface area (Å²) in [5.41, 5.74) is 1.11. The van der Waals surface area contributed by atoms with E-state index in [1.165, 1.54) is 6.07 Å². The second kappa shape index (κ2) is 5.16. The molecule has 2 aromatic rings. The maximum atomic E-state index is 10.8. The third-order valence-corrected chi connectivity index (χ3v) is 3.49. The molecule has 0 unspecified atom stereocenters. The van der Waals surface area contributed by atoms with Crippen LogP contribution in [-0.2, 0) is 0 Å². The molecule has 0 radical (unpaired) electrons. The van der Waals surface area contributed by atoms with Gasteiger partial charge in [-0.3, -0.25) is 0 Å². The Morgan fingerprint density at radius 2 is 1.90 bits per heavy atom. The summed E-state index contributed by atoms with van der Waals surface area (Å²) in [5, 5.41) is 12.6. The Balaban J connectivity index is 2.04. The minimum Gasteiger partial charge on any atom is -0.490 e. The molecule has 0 spiro atoms. The van der Waals surface area contributed by atoms with Crippen LogP contribution in [0.1, 0.15) is 17.0 Å². The zero-order chi connectivity index (χ0) is 14.1. The van der Waals surface area contributed by atoms with Gasteiger partial charge in [-0.25, -0.2) is 4.79 Å². The third kappa shape index (κ3) is 2.36. The van der Waals surface area contributed by atoms with Gasteiger partial charge in [0.2, 0.25) is 5.76 Å². The molecule has 0 bridgehead atoms. The second-order valence-electron chi connectivity index (χ2n) is 4.21. The van der Waals surface area contributed by atoms with Gasteiger partial charge in [-0.2, -0.15) is 0 Å². The van der Waals surface area contributed by atoms with E-state index < -0.39 is 5.97 Å². The van der Waals surface area contributed by atoms with E-state index in [0.29, 0.717) is 36.0 Å². The normalized spacial score (nSPS) is 13.8. The Morgan fingerprint density at radius 1 is 1.20 bits per heavy atom. The summed E-state index contributed by atoms with van der Waals surface area (Å²) in [6.07, 6.45) is 0.814. The van der Waals surface area contributed by atoms with Gasteiger partial charge >= 0.3 is 5.97 Å². The van der Waals surface area contributed by atoms with Crippen molar-refractivity contribution in [2.45, 2.75) is 6.42 Å². The van der Waals surface area contributed by atoms with Gasteiger partial charge in [-0.15, -0.1) is 0 Å². The summed E-state index contributed by atoms with van der Waals surface area (Å²) in [6.45, 7) is 1.18. The molecule has 0 saturated heterocycles. The molecule has 7 heteroatoms. The first-order valence-electron chi connectivity index (χ1n) is 5.94. The highest BCUT2D eigenvalue weighted by Crippen LogP contribution is 2.39. The van der Waals surface area contributed by atoms with Crippen LogP contribution in [0, 0.1) is 0 Å². The number of ether oxygens (including phenoxy) is 2. The molecule has 3 rings (SSSR count). The number of aromatic nitrogens is 1. The van der Waals surface area contributed by atoms with Crippen LogP contribution in [0.2, 0.25) is 0 Å². The van der Waals surface area contributed by atoms with Crippen LogP contribution in [0.3, 0.4) is 0 Å². The SMILES string of the molecule is O=C(O)c1cc(-c2cc3c(cc2Br)OCCCO3)no1. The fraction of sp³-hybridized carbons (Fsp3) is 0.231. The Kier molecular flexibility index (Phi) is 3.35. The Morgan fingerprint density at radius 3 is 2.55 bits per heavy atom. The topological polar surface area (TPSA) is 81.8 Å². The summed E-state index contributed by atoms with van der Waals surface area (Å²) >= 11 is 3.42. The van der Waals surface area contributed by atoms with Crippen molar-refractivity contribution in [2.24, 2.45) is 0 Å². The predicted molar refractivity (Wildman–Crippen MR) is 72.2 cm³/mol. The fourth-order valence-corrected chi connectivity index (χ4v) is 2.41. The van der Waals surface area contributed by atoms with Gasteiger partial charge in [0, 0.05) is 22.5 Å². The van der Waals surface area contributed by atoms with Crippen LogP contribution in [0.4, 0.5) is 0 Å². The molecule has 1 aromatic carbocycles. The molecule has 104 valence electrons. The lowest BCUT2D eigenvalue weighted by Gasteiger charge is -2.10. The second-order valence-corrected chi connectivity index (χ2v) is 5.07. The van der Waals surface area contributed by atoms with Gasteiger partial charge in [0.05, 0.1) is 13.2 Å². The number of fused-ring (bicyclic) bond motifs is 1. The summed E-state index contributed by atoms with van der Waals surface area (Å²) in [6, 6.07) is 4.91. The van der Waals surface area contributed by atoms with Crippen molar-refractivity contribution in [3.05, 3.63) is 28.4 Å². The number of carboxylic acids is 1. The maximum absolute atomic E-state index is 10.8. The van der Waals surface area contributed by atoms with Crippen molar-refractivity contribution in [1.82, 2.24) is 5.16 Å². The molecule has 1 aromatic heterocycles. The van der Waals surface area contributed by atoms with Crippen molar-refractivity contribution < 1.29 is 23.9 Å². The number of hydrogen-bond acceptors (Lipinski definition) is 5. The summed E-state index contributed by atoms with van der Waals surface area (Å²) in [5.74, 6) is -0.103. The highest BCUT2D eigenvalue weighted by atomic mass is 79.9.